The summed E-state index contributed by atoms with van der Waals surface area (Å²) >= 11 is 0. The molecule has 66 valence electrons. The number of hydrogen-bond acceptors (Lipinski definition) is 0. The predicted octanol–water partition coefficient (Wildman–Crippen LogP) is 3.12. The van der Waals surface area contributed by atoms with Crippen molar-refractivity contribution in [1.29, 1.82) is 0 Å². The Morgan fingerprint density at radius 3 is 2.17 bits per heavy atom. The first-order valence-corrected chi connectivity index (χ1v) is 3.47. The molecule has 0 nitrogen and oxygen atoms in total. The van der Waals surface area contributed by atoms with Gasteiger partial charge in [-0.1, -0.05) is 19.4 Å². The second kappa shape index (κ2) is 2.81. The molecule has 12 heavy (non-hydrogen) atoms. The third kappa shape index (κ3) is 2.00. The average Bonchev–Trinajstić information content (AvgIpc) is 1.82. The van der Waals surface area contributed by atoms with Gasteiger partial charge in [0.05, 0.1) is 0 Å². The molecule has 0 unspecified atom stereocenters. The molecule has 0 aliphatic heterocycles. The summed E-state index contributed by atoms with van der Waals surface area (Å²) in [4.78, 5) is 0. The highest BCUT2D eigenvalue weighted by molar-refractivity contribution is 5.28. The van der Waals surface area contributed by atoms with Crippen LogP contribution in [0.1, 0.15) is 16.7 Å². The van der Waals surface area contributed by atoms with E-state index < -0.39 is 11.7 Å². The van der Waals surface area contributed by atoms with Crippen molar-refractivity contribution in [3.05, 3.63) is 34.9 Å². The maximum Gasteiger partial charge on any atom is 0.394 e. The van der Waals surface area contributed by atoms with Gasteiger partial charge in [-0.25, -0.2) is 0 Å². The molecule has 0 N–H and O–H groups in total. The van der Waals surface area contributed by atoms with E-state index in [1.165, 1.54) is 0 Å². The van der Waals surface area contributed by atoms with Gasteiger partial charge in [0.1, 0.15) is 0 Å². The third-order valence-corrected chi connectivity index (χ3v) is 1.45. The lowest BCUT2D eigenvalue weighted by molar-refractivity contribution is -0.137. The van der Waals surface area contributed by atoms with E-state index in [-0.39, 0.29) is 0 Å². The largest absolute Gasteiger partial charge is 0.394 e. The monoisotopic (exact) mass is 173 g/mol. The third-order valence-electron chi connectivity index (χ3n) is 1.45. The van der Waals surface area contributed by atoms with Crippen LogP contribution < -0.4 is 0 Å². The highest BCUT2D eigenvalue weighted by Gasteiger charge is 2.25. The summed E-state index contributed by atoms with van der Waals surface area (Å²) in [7, 11) is 0. The van der Waals surface area contributed by atoms with Crippen molar-refractivity contribution in [2.24, 2.45) is 0 Å². The maximum absolute atomic E-state index is 12.1. The van der Waals surface area contributed by atoms with E-state index in [0.717, 1.165) is 6.07 Å². The molecule has 0 atom stereocenters. The standard InChI is InChI=1S/C9H8F3/c1-6-3-7(2)5-8(4-6)9(10,11)12/h3-4H,1-2H3/q-1. The number of aryl methyl sites for hydroxylation is 2. The molecule has 1 aromatic carbocycles. The van der Waals surface area contributed by atoms with Crippen LogP contribution in [0.25, 0.3) is 0 Å². The van der Waals surface area contributed by atoms with Gasteiger partial charge >= 0.3 is 6.18 Å². The Balaban J connectivity index is 3.18. The number of halogens is 3. The zero-order chi connectivity index (χ0) is 9.35. The van der Waals surface area contributed by atoms with Gasteiger partial charge in [-0.2, -0.15) is 42.5 Å². The molecule has 1 aromatic rings. The predicted molar refractivity (Wildman–Crippen MR) is 39.8 cm³/mol. The van der Waals surface area contributed by atoms with Crippen LogP contribution in [0.4, 0.5) is 13.2 Å². The van der Waals surface area contributed by atoms with Crippen molar-refractivity contribution in [3.63, 3.8) is 0 Å². The second-order valence-electron chi connectivity index (χ2n) is 2.75. The first-order chi connectivity index (χ1) is 5.39. The quantitative estimate of drug-likeness (QED) is 0.529. The number of rotatable bonds is 0. The van der Waals surface area contributed by atoms with Crippen LogP contribution in [0.15, 0.2) is 12.1 Å². The van der Waals surface area contributed by atoms with E-state index in [0.29, 0.717) is 11.1 Å². The van der Waals surface area contributed by atoms with Crippen LogP contribution in [0.2, 0.25) is 0 Å². The molecule has 0 aliphatic carbocycles. The summed E-state index contributed by atoms with van der Waals surface area (Å²) in [5, 5.41) is 0. The molecule has 0 aliphatic rings. The Morgan fingerprint density at radius 1 is 1.17 bits per heavy atom. The van der Waals surface area contributed by atoms with Gasteiger partial charge in [0.2, 0.25) is 0 Å². The molecular formula is C9H8F3-. The van der Waals surface area contributed by atoms with E-state index in [1.807, 2.05) is 0 Å². The van der Waals surface area contributed by atoms with Gasteiger partial charge in [0, 0.05) is 0 Å². The van der Waals surface area contributed by atoms with Crippen LogP contribution in [0, 0.1) is 19.9 Å². The minimum atomic E-state index is -4.28. The molecule has 3 heteroatoms. The van der Waals surface area contributed by atoms with Crippen LogP contribution in [0.3, 0.4) is 0 Å². The summed E-state index contributed by atoms with van der Waals surface area (Å²) < 4.78 is 36.3. The lowest BCUT2D eigenvalue weighted by Gasteiger charge is -2.15. The van der Waals surface area contributed by atoms with Crippen molar-refractivity contribution >= 4 is 0 Å². The van der Waals surface area contributed by atoms with Gasteiger partial charge in [-0.15, -0.1) is 0 Å². The van der Waals surface area contributed by atoms with E-state index >= 15 is 0 Å². The van der Waals surface area contributed by atoms with Gasteiger partial charge in [0.25, 0.3) is 0 Å². The molecule has 0 aromatic heterocycles. The fourth-order valence-corrected chi connectivity index (χ4v) is 1.05. The Labute approximate surface area is 69.0 Å². The van der Waals surface area contributed by atoms with Crippen molar-refractivity contribution in [2.75, 3.05) is 0 Å². The van der Waals surface area contributed by atoms with Gasteiger partial charge in [0.15, 0.2) is 0 Å². The molecule has 0 heterocycles. The molecule has 0 radical (unpaired) electrons. The lowest BCUT2D eigenvalue weighted by Crippen LogP contribution is -2.05. The summed E-state index contributed by atoms with van der Waals surface area (Å²) in [6, 6.07) is 5.02. The van der Waals surface area contributed by atoms with Crippen LogP contribution in [-0.4, -0.2) is 0 Å². The summed E-state index contributed by atoms with van der Waals surface area (Å²) in [5.41, 5.74) is 0.431. The zero-order valence-corrected chi connectivity index (χ0v) is 6.79. The second-order valence-corrected chi connectivity index (χ2v) is 2.75. The number of hydrogen-bond donors (Lipinski definition) is 0. The topological polar surface area (TPSA) is 0 Å². The van der Waals surface area contributed by atoms with E-state index in [2.05, 4.69) is 6.07 Å². The Hall–Kier alpha value is -0.990. The first-order valence-electron chi connectivity index (χ1n) is 3.47. The molecule has 0 saturated heterocycles. The molecule has 0 fully saturated rings. The maximum atomic E-state index is 12.1. The van der Waals surface area contributed by atoms with Crippen molar-refractivity contribution in [3.8, 4) is 0 Å². The lowest BCUT2D eigenvalue weighted by atomic mass is 10.1. The van der Waals surface area contributed by atoms with E-state index in [9.17, 15) is 13.2 Å². The summed E-state index contributed by atoms with van der Waals surface area (Å²) in [6.45, 7) is 3.23. The van der Waals surface area contributed by atoms with E-state index in [4.69, 9.17) is 0 Å². The molecule has 0 spiro atoms. The van der Waals surface area contributed by atoms with E-state index in [1.54, 1.807) is 19.9 Å². The highest BCUT2D eigenvalue weighted by atomic mass is 19.4. The van der Waals surface area contributed by atoms with Gasteiger partial charge in [-0.3, -0.25) is 0 Å². The van der Waals surface area contributed by atoms with Gasteiger partial charge < -0.3 is 0 Å². The minimum absolute atomic E-state index is 0.516. The fourth-order valence-electron chi connectivity index (χ4n) is 1.05. The van der Waals surface area contributed by atoms with Crippen molar-refractivity contribution in [1.82, 2.24) is 0 Å². The SMILES string of the molecule is Cc1[c-]c(C(F)(F)F)cc(C)c1. The van der Waals surface area contributed by atoms with Crippen LogP contribution >= 0.6 is 0 Å². The molecule has 0 saturated carbocycles. The molecule has 1 rings (SSSR count). The minimum Gasteiger partial charge on any atom is -0.168 e. The highest BCUT2D eigenvalue weighted by Crippen LogP contribution is 2.29. The fraction of sp³-hybridized carbons (Fsp3) is 0.333. The first kappa shape index (κ1) is 9.10. The average molecular weight is 173 g/mol. The van der Waals surface area contributed by atoms with Crippen LogP contribution in [-0.2, 0) is 6.18 Å². The number of alkyl halides is 3. The van der Waals surface area contributed by atoms with Crippen molar-refractivity contribution < 1.29 is 13.2 Å². The van der Waals surface area contributed by atoms with Crippen molar-refractivity contribution in [2.45, 2.75) is 20.0 Å². The molecule has 0 bridgehead atoms. The number of benzene rings is 1. The summed E-state index contributed by atoms with van der Waals surface area (Å²) in [5.74, 6) is 0. The zero-order valence-electron chi connectivity index (χ0n) is 6.79. The Kier molecular flexibility index (Phi) is 2.13. The molecular weight excluding hydrogens is 165 g/mol. The summed E-state index contributed by atoms with van der Waals surface area (Å²) in [6.07, 6.45) is -4.28. The Bertz CT molecular complexity index is 266. The smallest absolute Gasteiger partial charge is 0.168 e. The normalized spacial score (nSPS) is 11.8. The van der Waals surface area contributed by atoms with Gasteiger partial charge in [-0.05, 0) is 0 Å². The molecule has 0 amide bonds. The van der Waals surface area contributed by atoms with Crippen LogP contribution in [0.5, 0.6) is 0 Å². The Morgan fingerprint density at radius 2 is 1.75 bits per heavy atom.